The van der Waals surface area contributed by atoms with Crippen molar-refractivity contribution < 1.29 is 4.79 Å². The highest BCUT2D eigenvalue weighted by Gasteiger charge is 2.23. The summed E-state index contributed by atoms with van der Waals surface area (Å²) in [7, 11) is 0. The fourth-order valence-electron chi connectivity index (χ4n) is 3.98. The molecule has 0 N–H and O–H groups in total. The Morgan fingerprint density at radius 1 is 1.17 bits per heavy atom. The van der Waals surface area contributed by atoms with Crippen molar-refractivity contribution in [3.8, 4) is 0 Å². The highest BCUT2D eigenvalue weighted by Crippen LogP contribution is 2.29. The second kappa shape index (κ2) is 7.08. The van der Waals surface area contributed by atoms with Crippen LogP contribution >= 0.6 is 11.3 Å². The molecule has 4 heterocycles. The molecule has 0 radical (unpaired) electrons. The van der Waals surface area contributed by atoms with E-state index in [1.165, 1.54) is 22.5 Å². The molecule has 0 spiro atoms. The summed E-state index contributed by atoms with van der Waals surface area (Å²) in [6.45, 7) is 3.25. The molecule has 0 bridgehead atoms. The summed E-state index contributed by atoms with van der Waals surface area (Å²) < 4.78 is 2.10. The third kappa shape index (κ3) is 3.02. The number of rotatable bonds is 3. The molecule has 5 rings (SSSR count). The van der Waals surface area contributed by atoms with Crippen molar-refractivity contribution in [1.29, 1.82) is 0 Å². The SMILES string of the molecule is CCc1nc2c(sc3ncccc32)c(=O)n1CC(=O)N1CCc2ccccc2C1. The first kappa shape index (κ1) is 18.0. The van der Waals surface area contributed by atoms with Gasteiger partial charge in [0, 0.05) is 31.1 Å². The lowest BCUT2D eigenvalue weighted by Gasteiger charge is -2.29. The molecule has 6 nitrogen and oxygen atoms in total. The Morgan fingerprint density at radius 2 is 2.00 bits per heavy atom. The lowest BCUT2D eigenvalue weighted by atomic mass is 10.00. The number of hydrogen-bond donors (Lipinski definition) is 0. The number of aryl methyl sites for hydroxylation is 1. The van der Waals surface area contributed by atoms with Crippen LogP contribution in [0.2, 0.25) is 0 Å². The summed E-state index contributed by atoms with van der Waals surface area (Å²) in [5.74, 6) is 0.591. The zero-order valence-corrected chi connectivity index (χ0v) is 16.9. The molecule has 7 heteroatoms. The number of amides is 1. The molecule has 0 atom stereocenters. The van der Waals surface area contributed by atoms with Crippen LogP contribution in [0.3, 0.4) is 0 Å². The van der Waals surface area contributed by atoms with Crippen molar-refractivity contribution >= 4 is 37.7 Å². The minimum atomic E-state index is -0.152. The summed E-state index contributed by atoms with van der Waals surface area (Å²) in [5, 5.41) is 0.894. The average molecular weight is 404 g/mol. The minimum absolute atomic E-state index is 0.0226. The van der Waals surface area contributed by atoms with Crippen molar-refractivity contribution in [3.05, 3.63) is 69.9 Å². The molecule has 29 heavy (non-hydrogen) atoms. The number of pyridine rings is 1. The molecular formula is C22H20N4O2S. The van der Waals surface area contributed by atoms with Gasteiger partial charge < -0.3 is 4.90 Å². The monoisotopic (exact) mass is 404 g/mol. The van der Waals surface area contributed by atoms with E-state index < -0.39 is 0 Å². The van der Waals surface area contributed by atoms with Gasteiger partial charge in [0.05, 0.1) is 5.52 Å². The molecular weight excluding hydrogens is 384 g/mol. The number of carbonyl (C=O) groups is 1. The largest absolute Gasteiger partial charge is 0.336 e. The standard InChI is InChI=1S/C22H20N4O2S/c1-2-17-24-19-16-8-5-10-23-21(16)29-20(19)22(28)26(17)13-18(27)25-11-9-14-6-3-4-7-15(14)12-25/h3-8,10H,2,9,11-13H2,1H3. The predicted octanol–water partition coefficient (Wildman–Crippen LogP) is 3.15. The molecule has 1 amide bonds. The summed E-state index contributed by atoms with van der Waals surface area (Å²) in [6, 6.07) is 12.0. The van der Waals surface area contributed by atoms with Crippen LogP contribution in [-0.2, 0) is 30.7 Å². The number of thiophene rings is 1. The lowest BCUT2D eigenvalue weighted by molar-refractivity contribution is -0.132. The van der Waals surface area contributed by atoms with Crippen molar-refractivity contribution in [2.45, 2.75) is 32.9 Å². The van der Waals surface area contributed by atoms with Gasteiger partial charge in [-0.25, -0.2) is 9.97 Å². The average Bonchev–Trinajstić information content (AvgIpc) is 3.14. The van der Waals surface area contributed by atoms with Crippen LogP contribution in [0.5, 0.6) is 0 Å². The molecule has 0 saturated carbocycles. The molecule has 1 aliphatic heterocycles. The maximum atomic E-state index is 13.2. The van der Waals surface area contributed by atoms with Crippen LogP contribution in [0.15, 0.2) is 47.4 Å². The van der Waals surface area contributed by atoms with Gasteiger partial charge in [0.1, 0.15) is 21.9 Å². The number of aromatic nitrogens is 3. The van der Waals surface area contributed by atoms with E-state index >= 15 is 0 Å². The molecule has 4 aromatic rings. The summed E-state index contributed by atoms with van der Waals surface area (Å²) >= 11 is 1.34. The Labute approximate surface area is 171 Å². The van der Waals surface area contributed by atoms with Crippen molar-refractivity contribution in [2.24, 2.45) is 0 Å². The molecule has 1 aromatic carbocycles. The Hall–Kier alpha value is -3.06. The Balaban J connectivity index is 1.51. The van der Waals surface area contributed by atoms with E-state index in [1.807, 2.05) is 36.1 Å². The lowest BCUT2D eigenvalue weighted by Crippen LogP contribution is -2.40. The first-order valence-electron chi connectivity index (χ1n) is 9.77. The fraction of sp³-hybridized carbons (Fsp3) is 0.273. The number of nitrogens with zero attached hydrogens (tertiary/aromatic N) is 4. The molecule has 0 fully saturated rings. The van der Waals surface area contributed by atoms with Gasteiger partial charge in [-0.05, 0) is 29.7 Å². The Kier molecular flexibility index (Phi) is 4.39. The van der Waals surface area contributed by atoms with Gasteiger partial charge in [0.2, 0.25) is 5.91 Å². The van der Waals surface area contributed by atoms with E-state index in [1.54, 1.807) is 10.8 Å². The van der Waals surface area contributed by atoms with Gasteiger partial charge in [0.25, 0.3) is 5.56 Å². The molecule has 0 saturated heterocycles. The van der Waals surface area contributed by atoms with Gasteiger partial charge >= 0.3 is 0 Å². The Morgan fingerprint density at radius 3 is 2.83 bits per heavy atom. The van der Waals surface area contributed by atoms with Crippen LogP contribution in [0, 0.1) is 0 Å². The van der Waals surface area contributed by atoms with Crippen molar-refractivity contribution in [3.63, 3.8) is 0 Å². The van der Waals surface area contributed by atoms with Crippen molar-refractivity contribution in [2.75, 3.05) is 6.54 Å². The van der Waals surface area contributed by atoms with E-state index in [0.29, 0.717) is 35.6 Å². The molecule has 3 aromatic heterocycles. The van der Waals surface area contributed by atoms with Gasteiger partial charge in [-0.2, -0.15) is 0 Å². The summed E-state index contributed by atoms with van der Waals surface area (Å²) in [4.78, 5) is 38.0. The van der Waals surface area contributed by atoms with Gasteiger partial charge in [-0.3, -0.25) is 14.2 Å². The Bertz CT molecular complexity index is 1310. The second-order valence-electron chi connectivity index (χ2n) is 7.24. The van der Waals surface area contributed by atoms with Crippen LogP contribution in [0.25, 0.3) is 20.4 Å². The number of carbonyl (C=O) groups excluding carboxylic acids is 1. The molecule has 0 aliphatic carbocycles. The van der Waals surface area contributed by atoms with Gasteiger partial charge in [-0.1, -0.05) is 31.2 Å². The molecule has 1 aliphatic rings. The third-order valence-corrected chi connectivity index (χ3v) is 6.62. The van der Waals surface area contributed by atoms with E-state index in [9.17, 15) is 9.59 Å². The minimum Gasteiger partial charge on any atom is -0.336 e. The highest BCUT2D eigenvalue weighted by atomic mass is 32.1. The number of benzene rings is 1. The molecule has 146 valence electrons. The van der Waals surface area contributed by atoms with Crippen LogP contribution in [-0.4, -0.2) is 31.9 Å². The van der Waals surface area contributed by atoms with E-state index in [2.05, 4.69) is 17.1 Å². The van der Waals surface area contributed by atoms with Crippen LogP contribution in [0.4, 0.5) is 0 Å². The summed E-state index contributed by atoms with van der Waals surface area (Å²) in [6.07, 6.45) is 3.14. The van der Waals surface area contributed by atoms with E-state index in [0.717, 1.165) is 16.6 Å². The van der Waals surface area contributed by atoms with Crippen molar-refractivity contribution in [1.82, 2.24) is 19.4 Å². The van der Waals surface area contributed by atoms with Gasteiger partial charge in [0.15, 0.2) is 0 Å². The number of fused-ring (bicyclic) bond motifs is 4. The first-order valence-corrected chi connectivity index (χ1v) is 10.6. The first-order chi connectivity index (χ1) is 14.2. The van der Waals surface area contributed by atoms with E-state index in [-0.39, 0.29) is 18.0 Å². The smallest absolute Gasteiger partial charge is 0.272 e. The maximum Gasteiger partial charge on any atom is 0.272 e. The quantitative estimate of drug-likeness (QED) is 0.526. The highest BCUT2D eigenvalue weighted by molar-refractivity contribution is 7.25. The zero-order valence-electron chi connectivity index (χ0n) is 16.1. The zero-order chi connectivity index (χ0) is 20.0. The topological polar surface area (TPSA) is 68.1 Å². The van der Waals surface area contributed by atoms with Crippen LogP contribution in [0.1, 0.15) is 23.9 Å². The number of hydrogen-bond acceptors (Lipinski definition) is 5. The third-order valence-electron chi connectivity index (χ3n) is 5.52. The summed E-state index contributed by atoms with van der Waals surface area (Å²) in [5.41, 5.74) is 3.01. The van der Waals surface area contributed by atoms with Gasteiger partial charge in [-0.15, -0.1) is 11.3 Å². The van der Waals surface area contributed by atoms with E-state index in [4.69, 9.17) is 4.98 Å². The van der Waals surface area contributed by atoms with Crippen LogP contribution < -0.4 is 5.56 Å². The maximum absolute atomic E-state index is 13.2. The normalized spacial score (nSPS) is 13.8. The second-order valence-corrected chi connectivity index (χ2v) is 8.24. The molecule has 0 unspecified atom stereocenters. The fourth-order valence-corrected chi connectivity index (χ4v) is 5.01. The predicted molar refractivity (Wildman–Crippen MR) is 114 cm³/mol.